The minimum absolute atomic E-state index is 0.184. The van der Waals surface area contributed by atoms with Crippen LogP contribution in [0.15, 0.2) is 34.3 Å². The molecular weight excluding hydrogens is 299 g/mol. The van der Waals surface area contributed by atoms with Gasteiger partial charge in [0.25, 0.3) is 0 Å². The van der Waals surface area contributed by atoms with Gasteiger partial charge in [0.15, 0.2) is 5.17 Å². The first kappa shape index (κ1) is 13.3. The Morgan fingerprint density at radius 3 is 2.89 bits per heavy atom. The van der Waals surface area contributed by atoms with Crippen LogP contribution >= 0.6 is 35.0 Å². The van der Waals surface area contributed by atoms with E-state index in [4.69, 9.17) is 23.2 Å². The van der Waals surface area contributed by atoms with Gasteiger partial charge in [-0.05, 0) is 17.0 Å². The molecule has 1 aromatic rings. The van der Waals surface area contributed by atoms with Gasteiger partial charge in [0.1, 0.15) is 0 Å². The van der Waals surface area contributed by atoms with E-state index in [2.05, 4.69) is 29.1 Å². The van der Waals surface area contributed by atoms with Crippen LogP contribution < -0.4 is 0 Å². The molecule has 100 valence electrons. The van der Waals surface area contributed by atoms with E-state index in [0.717, 1.165) is 23.8 Å². The fourth-order valence-electron chi connectivity index (χ4n) is 2.53. The third kappa shape index (κ3) is 2.08. The zero-order valence-electron chi connectivity index (χ0n) is 10.8. The third-order valence-corrected chi connectivity index (χ3v) is 5.35. The fourth-order valence-corrected chi connectivity index (χ4v) is 4.19. The average molecular weight is 313 g/mol. The molecule has 0 radical (unpaired) electrons. The lowest BCUT2D eigenvalue weighted by Crippen LogP contribution is -2.33. The summed E-state index contributed by atoms with van der Waals surface area (Å²) >= 11 is 14.2. The van der Waals surface area contributed by atoms with E-state index >= 15 is 0 Å². The zero-order chi connectivity index (χ0) is 13.6. The highest BCUT2D eigenvalue weighted by molar-refractivity contribution is 8.16. The summed E-state index contributed by atoms with van der Waals surface area (Å²) < 4.78 is 0. The number of thioether (sulfide) groups is 1. The molecule has 2 nitrogen and oxygen atoms in total. The van der Waals surface area contributed by atoms with E-state index in [-0.39, 0.29) is 5.41 Å². The molecule has 2 heterocycles. The average Bonchev–Trinajstić information content (AvgIpc) is 2.93. The number of rotatable bonds is 2. The predicted molar refractivity (Wildman–Crippen MR) is 84.2 cm³/mol. The molecule has 1 aromatic carbocycles. The fraction of sp³-hybridized carbons (Fsp3) is 0.357. The van der Waals surface area contributed by atoms with Crippen molar-refractivity contribution >= 4 is 40.1 Å². The Labute approximate surface area is 127 Å². The van der Waals surface area contributed by atoms with Gasteiger partial charge < -0.3 is 4.90 Å². The number of amidine groups is 1. The first-order chi connectivity index (χ1) is 9.01. The molecule has 5 heteroatoms. The van der Waals surface area contributed by atoms with Crippen molar-refractivity contribution in [1.29, 1.82) is 0 Å². The molecule has 2 aliphatic heterocycles. The molecule has 0 saturated carbocycles. The highest BCUT2D eigenvalue weighted by Crippen LogP contribution is 2.44. The van der Waals surface area contributed by atoms with Crippen molar-refractivity contribution < 1.29 is 0 Å². The molecule has 0 unspecified atom stereocenters. The number of nitrogens with zero attached hydrogens (tertiary/aromatic N) is 2. The molecule has 0 aromatic heterocycles. The molecule has 3 rings (SSSR count). The predicted octanol–water partition coefficient (Wildman–Crippen LogP) is 4.53. The topological polar surface area (TPSA) is 15.6 Å². The molecule has 0 atom stereocenters. The lowest BCUT2D eigenvalue weighted by atomic mass is 9.81. The number of aliphatic imine (C=N–C) groups is 1. The second kappa shape index (κ2) is 4.72. The van der Waals surface area contributed by atoms with Crippen molar-refractivity contribution in [2.24, 2.45) is 4.99 Å². The SMILES string of the molecule is CC(C)(C1=CSC2=NCCN12)c1cccc(Cl)c1Cl. The molecule has 2 aliphatic rings. The van der Waals surface area contributed by atoms with Crippen molar-refractivity contribution in [3.63, 3.8) is 0 Å². The van der Waals surface area contributed by atoms with Gasteiger partial charge in [-0.2, -0.15) is 0 Å². The maximum atomic E-state index is 6.38. The molecule has 0 saturated heterocycles. The third-order valence-electron chi connectivity index (χ3n) is 3.63. The Kier molecular flexibility index (Phi) is 3.32. The smallest absolute Gasteiger partial charge is 0.167 e. The molecule has 0 fully saturated rings. The number of hydrogen-bond acceptors (Lipinski definition) is 3. The Balaban J connectivity index is 2.03. The van der Waals surface area contributed by atoms with Crippen LogP contribution in [-0.4, -0.2) is 23.2 Å². The first-order valence-corrected chi connectivity index (χ1v) is 7.79. The van der Waals surface area contributed by atoms with E-state index in [1.807, 2.05) is 18.2 Å². The van der Waals surface area contributed by atoms with Gasteiger partial charge in [0, 0.05) is 17.7 Å². The number of fused-ring (bicyclic) bond motifs is 1. The lowest BCUT2D eigenvalue weighted by molar-refractivity contribution is 0.451. The number of allylic oxidation sites excluding steroid dienone is 1. The zero-order valence-corrected chi connectivity index (χ0v) is 13.1. The number of halogens is 2. The molecular formula is C14H14Cl2N2S. The summed E-state index contributed by atoms with van der Waals surface area (Å²) in [6.45, 7) is 6.19. The summed E-state index contributed by atoms with van der Waals surface area (Å²) in [5, 5.41) is 4.52. The summed E-state index contributed by atoms with van der Waals surface area (Å²) in [6.07, 6.45) is 0. The van der Waals surface area contributed by atoms with Gasteiger partial charge in [0.2, 0.25) is 0 Å². The van der Waals surface area contributed by atoms with Crippen LogP contribution in [-0.2, 0) is 5.41 Å². The van der Waals surface area contributed by atoms with Crippen molar-refractivity contribution in [2.45, 2.75) is 19.3 Å². The van der Waals surface area contributed by atoms with Gasteiger partial charge in [-0.1, -0.05) is 60.9 Å². The Bertz CT molecular complexity index is 593. The van der Waals surface area contributed by atoms with E-state index in [1.165, 1.54) is 5.70 Å². The van der Waals surface area contributed by atoms with Crippen LogP contribution in [0.5, 0.6) is 0 Å². The standard InChI is InChI=1S/C14H14Cl2N2S/c1-14(2,9-4-3-5-10(15)12(9)16)11-8-19-13-17-6-7-18(11)13/h3-5,8H,6-7H2,1-2H3. The quantitative estimate of drug-likeness (QED) is 0.797. The maximum absolute atomic E-state index is 6.38. The van der Waals surface area contributed by atoms with Crippen molar-refractivity contribution in [2.75, 3.05) is 13.1 Å². The highest BCUT2D eigenvalue weighted by Gasteiger charge is 2.38. The Morgan fingerprint density at radius 2 is 2.11 bits per heavy atom. The minimum atomic E-state index is -0.184. The van der Waals surface area contributed by atoms with E-state index in [0.29, 0.717) is 10.0 Å². The van der Waals surface area contributed by atoms with Crippen LogP contribution in [0.2, 0.25) is 10.0 Å². The Morgan fingerprint density at radius 1 is 1.32 bits per heavy atom. The summed E-state index contributed by atoms with van der Waals surface area (Å²) in [5.74, 6) is 0. The van der Waals surface area contributed by atoms with Crippen LogP contribution in [0.1, 0.15) is 19.4 Å². The maximum Gasteiger partial charge on any atom is 0.167 e. The van der Waals surface area contributed by atoms with E-state index in [1.54, 1.807) is 11.8 Å². The monoisotopic (exact) mass is 312 g/mol. The molecule has 0 amide bonds. The largest absolute Gasteiger partial charge is 0.321 e. The summed E-state index contributed by atoms with van der Waals surface area (Å²) in [7, 11) is 0. The van der Waals surface area contributed by atoms with Crippen molar-refractivity contribution in [3.05, 3.63) is 44.9 Å². The van der Waals surface area contributed by atoms with Crippen molar-refractivity contribution in [3.8, 4) is 0 Å². The number of benzene rings is 1. The molecule has 0 spiro atoms. The molecule has 19 heavy (non-hydrogen) atoms. The van der Waals surface area contributed by atoms with Crippen LogP contribution in [0.25, 0.3) is 0 Å². The normalized spacial score (nSPS) is 18.4. The molecule has 0 N–H and O–H groups in total. The van der Waals surface area contributed by atoms with Crippen LogP contribution in [0, 0.1) is 0 Å². The Hall–Kier alpha value is -0.640. The summed E-state index contributed by atoms with van der Waals surface area (Å²) in [4.78, 5) is 6.77. The second-order valence-corrected chi connectivity index (χ2v) is 6.78. The van der Waals surface area contributed by atoms with Crippen LogP contribution in [0.3, 0.4) is 0 Å². The van der Waals surface area contributed by atoms with Crippen LogP contribution in [0.4, 0.5) is 0 Å². The summed E-state index contributed by atoms with van der Waals surface area (Å²) in [5.41, 5.74) is 2.12. The minimum Gasteiger partial charge on any atom is -0.321 e. The van der Waals surface area contributed by atoms with Gasteiger partial charge in [-0.15, -0.1) is 0 Å². The lowest BCUT2D eigenvalue weighted by Gasteiger charge is -2.33. The number of hydrogen-bond donors (Lipinski definition) is 0. The highest BCUT2D eigenvalue weighted by atomic mass is 35.5. The van der Waals surface area contributed by atoms with Gasteiger partial charge in [-0.25, -0.2) is 0 Å². The van der Waals surface area contributed by atoms with Gasteiger partial charge in [-0.3, -0.25) is 4.99 Å². The summed E-state index contributed by atoms with van der Waals surface area (Å²) in [6, 6.07) is 5.82. The van der Waals surface area contributed by atoms with Gasteiger partial charge >= 0.3 is 0 Å². The van der Waals surface area contributed by atoms with Gasteiger partial charge in [0.05, 0.1) is 16.6 Å². The molecule has 0 aliphatic carbocycles. The first-order valence-electron chi connectivity index (χ1n) is 6.15. The second-order valence-electron chi connectivity index (χ2n) is 5.16. The van der Waals surface area contributed by atoms with E-state index in [9.17, 15) is 0 Å². The van der Waals surface area contributed by atoms with Crippen molar-refractivity contribution in [1.82, 2.24) is 4.90 Å². The molecule has 0 bridgehead atoms. The van der Waals surface area contributed by atoms with E-state index < -0.39 is 0 Å².